The van der Waals surface area contributed by atoms with Crippen LogP contribution in [0.3, 0.4) is 0 Å². The quantitative estimate of drug-likeness (QED) is 0.876. The van der Waals surface area contributed by atoms with Crippen LogP contribution in [0.4, 0.5) is 4.79 Å². The summed E-state index contributed by atoms with van der Waals surface area (Å²) in [5, 5.41) is 5.46. The lowest BCUT2D eigenvalue weighted by molar-refractivity contribution is 0.243. The fourth-order valence-corrected chi connectivity index (χ4v) is 1.34. The van der Waals surface area contributed by atoms with Crippen molar-refractivity contribution in [1.82, 2.24) is 10.6 Å². The normalized spacial score (nSPS) is 11.4. The summed E-state index contributed by atoms with van der Waals surface area (Å²) in [6.45, 7) is 6.69. The lowest BCUT2D eigenvalue weighted by atomic mass is 9.97. The molecule has 0 aromatic heterocycles. The Labute approximate surface area is 114 Å². The molecule has 2 amide bonds. The van der Waals surface area contributed by atoms with Crippen LogP contribution in [-0.4, -0.2) is 13.1 Å². The van der Waals surface area contributed by atoms with Gasteiger partial charge >= 0.3 is 6.03 Å². The Kier molecular flexibility index (Phi) is 5.42. The maximum absolute atomic E-state index is 11.5. The van der Waals surface area contributed by atoms with Gasteiger partial charge < -0.3 is 15.4 Å². The van der Waals surface area contributed by atoms with Crippen molar-refractivity contribution in [2.24, 2.45) is 5.41 Å². The van der Waals surface area contributed by atoms with Crippen LogP contribution in [0, 0.1) is 5.41 Å². The van der Waals surface area contributed by atoms with E-state index in [1.807, 2.05) is 30.3 Å². The van der Waals surface area contributed by atoms with Crippen molar-refractivity contribution in [2.75, 3.05) is 7.11 Å². The monoisotopic (exact) mass is 262 g/mol. The Hall–Kier alpha value is -1.97. The molecule has 0 aliphatic heterocycles. The number of carbonyl (C=O) groups excluding carboxylic acids is 1. The molecule has 0 spiro atoms. The first-order valence-electron chi connectivity index (χ1n) is 6.26. The van der Waals surface area contributed by atoms with E-state index in [0.29, 0.717) is 6.54 Å². The summed E-state index contributed by atoms with van der Waals surface area (Å²) in [7, 11) is 1.63. The molecular formula is C15H22N2O2. The van der Waals surface area contributed by atoms with Crippen molar-refractivity contribution in [3.63, 3.8) is 0 Å². The Bertz CT molecular complexity index is 430. The van der Waals surface area contributed by atoms with Gasteiger partial charge in [-0.2, -0.15) is 0 Å². The molecule has 1 rings (SSSR count). The maximum atomic E-state index is 11.5. The van der Waals surface area contributed by atoms with Crippen LogP contribution in [0.15, 0.2) is 36.5 Å². The average Bonchev–Trinajstić information content (AvgIpc) is 2.35. The van der Waals surface area contributed by atoms with Gasteiger partial charge in [-0.1, -0.05) is 39.0 Å². The van der Waals surface area contributed by atoms with E-state index in [1.54, 1.807) is 13.3 Å². The van der Waals surface area contributed by atoms with Gasteiger partial charge in [-0.05, 0) is 23.1 Å². The summed E-state index contributed by atoms with van der Waals surface area (Å²) in [4.78, 5) is 11.5. The van der Waals surface area contributed by atoms with E-state index < -0.39 is 0 Å². The van der Waals surface area contributed by atoms with Crippen LogP contribution < -0.4 is 15.4 Å². The van der Waals surface area contributed by atoms with E-state index >= 15 is 0 Å². The number of hydrogen-bond acceptors (Lipinski definition) is 2. The molecule has 0 atom stereocenters. The molecule has 4 nitrogen and oxygen atoms in total. The summed E-state index contributed by atoms with van der Waals surface area (Å²) in [6.07, 6.45) is 3.61. The maximum Gasteiger partial charge on any atom is 0.319 e. The molecule has 1 aromatic rings. The number of amides is 2. The van der Waals surface area contributed by atoms with Crippen LogP contribution >= 0.6 is 0 Å². The fourth-order valence-electron chi connectivity index (χ4n) is 1.34. The second kappa shape index (κ2) is 6.83. The molecule has 4 heteroatoms. The molecule has 1 aromatic carbocycles. The van der Waals surface area contributed by atoms with Gasteiger partial charge in [0.2, 0.25) is 0 Å². The Morgan fingerprint density at radius 1 is 1.26 bits per heavy atom. The van der Waals surface area contributed by atoms with Crippen molar-refractivity contribution in [3.05, 3.63) is 42.1 Å². The zero-order valence-corrected chi connectivity index (χ0v) is 12.0. The van der Waals surface area contributed by atoms with Gasteiger partial charge in [-0.15, -0.1) is 0 Å². The number of allylic oxidation sites excluding steroid dienone is 1. The molecule has 0 aliphatic carbocycles. The summed E-state index contributed by atoms with van der Waals surface area (Å²) >= 11 is 0. The first-order valence-corrected chi connectivity index (χ1v) is 6.26. The molecule has 0 unspecified atom stereocenters. The lowest BCUT2D eigenvalue weighted by Crippen LogP contribution is -2.31. The number of ether oxygens (including phenoxy) is 1. The van der Waals surface area contributed by atoms with E-state index in [1.165, 1.54) is 0 Å². The number of nitrogens with one attached hydrogen (secondary N) is 2. The average molecular weight is 262 g/mol. The molecule has 0 fully saturated rings. The van der Waals surface area contributed by atoms with E-state index in [9.17, 15) is 4.79 Å². The van der Waals surface area contributed by atoms with Crippen molar-refractivity contribution in [3.8, 4) is 5.75 Å². The van der Waals surface area contributed by atoms with Crippen LogP contribution in [0.1, 0.15) is 26.3 Å². The molecule has 2 N–H and O–H groups in total. The van der Waals surface area contributed by atoms with Gasteiger partial charge in [0, 0.05) is 12.7 Å². The van der Waals surface area contributed by atoms with Crippen molar-refractivity contribution < 1.29 is 9.53 Å². The largest absolute Gasteiger partial charge is 0.497 e. The molecular weight excluding hydrogens is 240 g/mol. The smallest absolute Gasteiger partial charge is 0.319 e. The van der Waals surface area contributed by atoms with Gasteiger partial charge in [-0.25, -0.2) is 4.79 Å². The first-order chi connectivity index (χ1) is 8.90. The minimum absolute atomic E-state index is 0.0588. The molecule has 19 heavy (non-hydrogen) atoms. The van der Waals surface area contributed by atoms with Crippen molar-refractivity contribution in [2.45, 2.75) is 27.3 Å². The van der Waals surface area contributed by atoms with E-state index in [-0.39, 0.29) is 11.4 Å². The second-order valence-electron chi connectivity index (χ2n) is 5.37. The van der Waals surface area contributed by atoms with Gasteiger partial charge in [-0.3, -0.25) is 0 Å². The molecule has 0 saturated carbocycles. The summed E-state index contributed by atoms with van der Waals surface area (Å²) in [6, 6.07) is 7.37. The molecule has 104 valence electrons. The number of benzene rings is 1. The minimum Gasteiger partial charge on any atom is -0.497 e. The van der Waals surface area contributed by atoms with E-state index in [4.69, 9.17) is 4.74 Å². The molecule has 0 aliphatic rings. The topological polar surface area (TPSA) is 50.4 Å². The molecule has 0 heterocycles. The molecule has 0 bridgehead atoms. The third-order valence-electron chi connectivity index (χ3n) is 2.41. The zero-order valence-electron chi connectivity index (χ0n) is 12.0. The number of methoxy groups -OCH3 is 1. The van der Waals surface area contributed by atoms with E-state index in [0.717, 1.165) is 11.3 Å². The SMILES string of the molecule is COc1ccc(CNC(=O)N/C=C/C(C)(C)C)cc1. The van der Waals surface area contributed by atoms with Crippen LogP contribution in [-0.2, 0) is 6.54 Å². The number of urea groups is 1. The molecule has 0 saturated heterocycles. The fraction of sp³-hybridized carbons (Fsp3) is 0.400. The Morgan fingerprint density at radius 2 is 1.89 bits per heavy atom. The Balaban J connectivity index is 2.35. The van der Waals surface area contributed by atoms with Crippen LogP contribution in [0.5, 0.6) is 5.75 Å². The highest BCUT2D eigenvalue weighted by molar-refractivity contribution is 5.74. The number of hydrogen-bond donors (Lipinski definition) is 2. The van der Waals surface area contributed by atoms with Gasteiger partial charge in [0.05, 0.1) is 7.11 Å². The Morgan fingerprint density at radius 3 is 2.42 bits per heavy atom. The first kappa shape index (κ1) is 15.1. The highest BCUT2D eigenvalue weighted by Gasteiger charge is 2.04. The van der Waals surface area contributed by atoms with Crippen molar-refractivity contribution >= 4 is 6.03 Å². The van der Waals surface area contributed by atoms with Crippen LogP contribution in [0.25, 0.3) is 0 Å². The minimum atomic E-state index is -0.212. The summed E-state index contributed by atoms with van der Waals surface area (Å²) in [5.41, 5.74) is 1.08. The summed E-state index contributed by atoms with van der Waals surface area (Å²) < 4.78 is 5.07. The predicted octanol–water partition coefficient (Wildman–Crippen LogP) is 3.05. The van der Waals surface area contributed by atoms with Gasteiger partial charge in [0.25, 0.3) is 0 Å². The highest BCUT2D eigenvalue weighted by atomic mass is 16.5. The zero-order chi connectivity index (χ0) is 14.3. The summed E-state index contributed by atoms with van der Waals surface area (Å²) in [5.74, 6) is 0.807. The third kappa shape index (κ3) is 6.50. The molecule has 0 radical (unpaired) electrons. The number of rotatable bonds is 4. The van der Waals surface area contributed by atoms with E-state index in [2.05, 4.69) is 31.4 Å². The lowest BCUT2D eigenvalue weighted by Gasteiger charge is -2.11. The second-order valence-corrected chi connectivity index (χ2v) is 5.37. The highest BCUT2D eigenvalue weighted by Crippen LogP contribution is 2.13. The van der Waals surface area contributed by atoms with Gasteiger partial charge in [0.1, 0.15) is 5.75 Å². The third-order valence-corrected chi connectivity index (χ3v) is 2.41. The van der Waals surface area contributed by atoms with Crippen LogP contribution in [0.2, 0.25) is 0 Å². The van der Waals surface area contributed by atoms with Gasteiger partial charge in [0.15, 0.2) is 0 Å². The number of carbonyl (C=O) groups is 1. The van der Waals surface area contributed by atoms with Crippen molar-refractivity contribution in [1.29, 1.82) is 0 Å². The standard InChI is InChI=1S/C15H22N2O2/c1-15(2,3)9-10-16-14(18)17-11-12-5-7-13(19-4)8-6-12/h5-10H,11H2,1-4H3,(H2,16,17,18)/b10-9+. The predicted molar refractivity (Wildman–Crippen MR) is 77.0 cm³/mol.